The van der Waals surface area contributed by atoms with Crippen LogP contribution in [0.4, 0.5) is 9.59 Å². The number of carbonyl (C=O) groups excluding carboxylic acids is 4. The standard InChI is InChI=1S/C11H18N2O6/c1-5-18-10(16)12-13(11(17)19-6-2)9(7(3)14)8(4)15/h9H,5-6H2,1-4H3,(H,12,16). The van der Waals surface area contributed by atoms with E-state index >= 15 is 0 Å². The summed E-state index contributed by atoms with van der Waals surface area (Å²) in [6, 6.07) is -1.44. The van der Waals surface area contributed by atoms with Gasteiger partial charge in [-0.25, -0.2) is 15.0 Å². The van der Waals surface area contributed by atoms with Gasteiger partial charge in [0.1, 0.15) is 0 Å². The van der Waals surface area contributed by atoms with Gasteiger partial charge < -0.3 is 9.47 Å². The monoisotopic (exact) mass is 274 g/mol. The third-order valence-corrected chi connectivity index (χ3v) is 1.98. The van der Waals surface area contributed by atoms with E-state index in [9.17, 15) is 19.2 Å². The van der Waals surface area contributed by atoms with Gasteiger partial charge in [-0.1, -0.05) is 0 Å². The van der Waals surface area contributed by atoms with Gasteiger partial charge in [0, 0.05) is 0 Å². The summed E-state index contributed by atoms with van der Waals surface area (Å²) in [7, 11) is 0. The van der Waals surface area contributed by atoms with Crippen molar-refractivity contribution in [1.29, 1.82) is 0 Å². The number of hydrogen-bond donors (Lipinski definition) is 1. The molecule has 1 N–H and O–H groups in total. The zero-order valence-corrected chi connectivity index (χ0v) is 11.4. The van der Waals surface area contributed by atoms with Crippen molar-refractivity contribution in [2.45, 2.75) is 33.7 Å². The number of carbonyl (C=O) groups is 4. The van der Waals surface area contributed by atoms with Crippen molar-refractivity contribution in [3.8, 4) is 0 Å². The van der Waals surface area contributed by atoms with E-state index in [1.807, 2.05) is 5.43 Å². The molecule has 8 heteroatoms. The van der Waals surface area contributed by atoms with Gasteiger partial charge in [0.05, 0.1) is 13.2 Å². The number of rotatable bonds is 5. The minimum absolute atomic E-state index is 0.0301. The maximum Gasteiger partial charge on any atom is 0.429 e. The van der Waals surface area contributed by atoms with E-state index in [0.717, 1.165) is 13.8 Å². The van der Waals surface area contributed by atoms with E-state index in [4.69, 9.17) is 0 Å². The van der Waals surface area contributed by atoms with Crippen LogP contribution in [0.25, 0.3) is 0 Å². The van der Waals surface area contributed by atoms with Crippen LogP contribution < -0.4 is 5.43 Å². The van der Waals surface area contributed by atoms with Crippen LogP contribution in [-0.2, 0) is 19.1 Å². The molecule has 0 aromatic carbocycles. The van der Waals surface area contributed by atoms with Gasteiger partial charge in [0.15, 0.2) is 17.6 Å². The Hall–Kier alpha value is -2.12. The summed E-state index contributed by atoms with van der Waals surface area (Å²) in [5, 5.41) is 0.534. The summed E-state index contributed by atoms with van der Waals surface area (Å²) >= 11 is 0. The topological polar surface area (TPSA) is 102 Å². The van der Waals surface area contributed by atoms with Gasteiger partial charge in [-0.2, -0.15) is 5.01 Å². The maximum absolute atomic E-state index is 11.7. The van der Waals surface area contributed by atoms with Crippen molar-refractivity contribution in [2.75, 3.05) is 13.2 Å². The number of amides is 2. The molecule has 0 spiro atoms. The SMILES string of the molecule is CCOC(=O)NN(C(=O)OCC)C(C(C)=O)C(C)=O. The van der Waals surface area contributed by atoms with Crippen LogP contribution in [-0.4, -0.2) is 48.0 Å². The number of hydrogen-bond acceptors (Lipinski definition) is 6. The van der Waals surface area contributed by atoms with E-state index in [0.29, 0.717) is 5.01 Å². The molecule has 0 saturated heterocycles. The molecule has 0 heterocycles. The zero-order chi connectivity index (χ0) is 15.0. The van der Waals surface area contributed by atoms with Gasteiger partial charge in [0.25, 0.3) is 0 Å². The van der Waals surface area contributed by atoms with Crippen LogP contribution >= 0.6 is 0 Å². The highest BCUT2D eigenvalue weighted by Crippen LogP contribution is 2.03. The van der Waals surface area contributed by atoms with Crippen LogP contribution in [0.5, 0.6) is 0 Å². The molecule has 0 rings (SSSR count). The Morgan fingerprint density at radius 3 is 1.84 bits per heavy atom. The molecule has 0 fully saturated rings. The van der Waals surface area contributed by atoms with Crippen molar-refractivity contribution in [3.05, 3.63) is 0 Å². The number of ketones is 2. The molecule has 0 atom stereocenters. The summed E-state index contributed by atoms with van der Waals surface area (Å²) in [5.41, 5.74) is 2.02. The van der Waals surface area contributed by atoms with Gasteiger partial charge in [-0.15, -0.1) is 0 Å². The molecule has 0 unspecified atom stereocenters. The number of nitrogens with one attached hydrogen (secondary N) is 1. The lowest BCUT2D eigenvalue weighted by Crippen LogP contribution is -2.57. The number of Topliss-reactive ketones (excluding diaryl/α,β-unsaturated/α-hetero) is 2. The number of ether oxygens (including phenoxy) is 2. The van der Waals surface area contributed by atoms with Gasteiger partial charge in [0.2, 0.25) is 0 Å². The maximum atomic E-state index is 11.7. The quantitative estimate of drug-likeness (QED) is 0.583. The summed E-state index contributed by atoms with van der Waals surface area (Å²) < 4.78 is 9.26. The van der Waals surface area contributed by atoms with Crippen LogP contribution in [0, 0.1) is 0 Å². The lowest BCUT2D eigenvalue weighted by atomic mass is 10.1. The fraction of sp³-hybridized carbons (Fsp3) is 0.636. The fourth-order valence-corrected chi connectivity index (χ4v) is 1.32. The molecule has 8 nitrogen and oxygen atoms in total. The lowest BCUT2D eigenvalue weighted by Gasteiger charge is -2.26. The Morgan fingerprint density at radius 1 is 1.00 bits per heavy atom. The van der Waals surface area contributed by atoms with Gasteiger partial charge in [-0.3, -0.25) is 9.59 Å². The summed E-state index contributed by atoms with van der Waals surface area (Å²) in [6.07, 6.45) is -1.96. The van der Waals surface area contributed by atoms with Crippen molar-refractivity contribution in [1.82, 2.24) is 10.4 Å². The Labute approximate surface area is 111 Å². The first-order valence-electron chi connectivity index (χ1n) is 5.75. The highest BCUT2D eigenvalue weighted by atomic mass is 16.6. The predicted octanol–water partition coefficient (Wildman–Crippen LogP) is 0.653. The number of hydrazine groups is 1. The molecule has 0 aliphatic heterocycles. The Morgan fingerprint density at radius 2 is 1.47 bits per heavy atom. The molecule has 0 aromatic rings. The van der Waals surface area contributed by atoms with Crippen molar-refractivity contribution >= 4 is 23.8 Å². The molecule has 0 aliphatic carbocycles. The Bertz CT molecular complexity index is 354. The molecule has 0 bridgehead atoms. The minimum atomic E-state index is -1.44. The van der Waals surface area contributed by atoms with E-state index in [1.54, 1.807) is 13.8 Å². The van der Waals surface area contributed by atoms with E-state index < -0.39 is 29.8 Å². The third kappa shape index (κ3) is 5.36. The van der Waals surface area contributed by atoms with Gasteiger partial charge in [-0.05, 0) is 27.7 Å². The molecule has 2 amide bonds. The van der Waals surface area contributed by atoms with E-state index in [2.05, 4.69) is 9.47 Å². The fourth-order valence-electron chi connectivity index (χ4n) is 1.32. The molecular weight excluding hydrogens is 256 g/mol. The van der Waals surface area contributed by atoms with E-state index in [1.165, 1.54) is 0 Å². The highest BCUT2D eigenvalue weighted by Gasteiger charge is 2.34. The average molecular weight is 274 g/mol. The lowest BCUT2D eigenvalue weighted by molar-refractivity contribution is -0.132. The first kappa shape index (κ1) is 16.9. The molecule has 0 saturated carbocycles. The van der Waals surface area contributed by atoms with Crippen LogP contribution in [0.1, 0.15) is 27.7 Å². The Balaban J connectivity index is 5.12. The minimum Gasteiger partial charge on any atom is -0.449 e. The molecule has 0 radical (unpaired) electrons. The highest BCUT2D eigenvalue weighted by molar-refractivity contribution is 6.06. The summed E-state index contributed by atoms with van der Waals surface area (Å²) in [4.78, 5) is 45.8. The first-order valence-corrected chi connectivity index (χ1v) is 5.75. The molecule has 0 aromatic heterocycles. The first-order chi connectivity index (χ1) is 8.84. The number of nitrogens with zero attached hydrogens (tertiary/aromatic N) is 1. The molecule has 0 aliphatic rings. The molecule has 19 heavy (non-hydrogen) atoms. The van der Waals surface area contributed by atoms with Gasteiger partial charge >= 0.3 is 12.2 Å². The van der Waals surface area contributed by atoms with E-state index in [-0.39, 0.29) is 13.2 Å². The van der Waals surface area contributed by atoms with Crippen LogP contribution in [0.3, 0.4) is 0 Å². The van der Waals surface area contributed by atoms with Crippen LogP contribution in [0.2, 0.25) is 0 Å². The Kier molecular flexibility index (Phi) is 7.16. The zero-order valence-electron chi connectivity index (χ0n) is 11.4. The summed E-state index contributed by atoms with van der Waals surface area (Å²) in [5.74, 6) is -1.20. The third-order valence-electron chi connectivity index (χ3n) is 1.98. The van der Waals surface area contributed by atoms with Crippen molar-refractivity contribution < 1.29 is 28.7 Å². The average Bonchev–Trinajstić information content (AvgIpc) is 2.27. The second-order valence-corrected chi connectivity index (χ2v) is 3.53. The van der Waals surface area contributed by atoms with Crippen LogP contribution in [0.15, 0.2) is 0 Å². The molecular formula is C11H18N2O6. The molecule has 108 valence electrons. The predicted molar refractivity (Wildman–Crippen MR) is 64.2 cm³/mol. The van der Waals surface area contributed by atoms with Crippen molar-refractivity contribution in [3.63, 3.8) is 0 Å². The second-order valence-electron chi connectivity index (χ2n) is 3.53. The second kappa shape index (κ2) is 8.06. The summed E-state index contributed by atoms with van der Waals surface area (Å²) in [6.45, 7) is 5.49. The largest absolute Gasteiger partial charge is 0.449 e. The smallest absolute Gasteiger partial charge is 0.429 e. The normalized spacial score (nSPS) is 9.74. The van der Waals surface area contributed by atoms with Crippen molar-refractivity contribution in [2.24, 2.45) is 0 Å².